The van der Waals surface area contributed by atoms with E-state index in [4.69, 9.17) is 22.1 Å². The topological polar surface area (TPSA) is 55.6 Å². The predicted octanol–water partition coefficient (Wildman–Crippen LogP) is 4.10. The van der Waals surface area contributed by atoms with Gasteiger partial charge in [-0.05, 0) is 42.9 Å². The van der Waals surface area contributed by atoms with Crippen molar-refractivity contribution >= 4 is 17.7 Å². The number of benzene rings is 2. The Bertz CT molecular complexity index is 618. The Balaban J connectivity index is 0.000000260. The molecule has 4 nitrogen and oxygen atoms in total. The molecule has 0 heterocycles. The van der Waals surface area contributed by atoms with E-state index in [1.807, 2.05) is 31.1 Å². The molecule has 2 aliphatic rings. The molecule has 23 heavy (non-hydrogen) atoms. The van der Waals surface area contributed by atoms with Crippen LogP contribution in [0, 0.1) is 0 Å². The van der Waals surface area contributed by atoms with Crippen LogP contribution in [0.4, 0.5) is 4.79 Å². The highest BCUT2D eigenvalue weighted by Gasteiger charge is 2.15. The van der Waals surface area contributed by atoms with E-state index in [1.165, 1.54) is 11.1 Å². The third-order valence-electron chi connectivity index (χ3n) is 3.56. The van der Waals surface area contributed by atoms with E-state index in [2.05, 4.69) is 24.3 Å². The molecule has 1 amide bonds. The number of carbonyl (C=O) groups excluding carboxylic acids is 1. The molecular formula is C18H21ClN2O2. The van der Waals surface area contributed by atoms with Crippen molar-refractivity contribution in [1.29, 1.82) is 0 Å². The third-order valence-corrected chi connectivity index (χ3v) is 3.81. The van der Waals surface area contributed by atoms with Gasteiger partial charge in [0.05, 0.1) is 0 Å². The molecule has 0 radical (unpaired) electrons. The zero-order valence-electron chi connectivity index (χ0n) is 13.3. The molecule has 2 aliphatic carbocycles. The number of primary amides is 1. The van der Waals surface area contributed by atoms with E-state index >= 15 is 0 Å². The Hall–Kier alpha value is -2.04. The first-order chi connectivity index (χ1) is 11.0. The number of fused-ring (bicyclic) bond motifs is 1. The molecule has 1 aromatic rings. The molecule has 2 N–H and O–H groups in total. The quantitative estimate of drug-likeness (QED) is 0.765. The molecule has 1 aromatic carbocycles. The van der Waals surface area contributed by atoms with E-state index in [1.54, 1.807) is 12.1 Å². The lowest BCUT2D eigenvalue weighted by atomic mass is 9.95. The third kappa shape index (κ3) is 5.27. The summed E-state index contributed by atoms with van der Waals surface area (Å²) >= 11 is 5.81. The first-order valence-electron chi connectivity index (χ1n) is 7.42. The molecule has 0 aromatic heterocycles. The SMILES string of the molecule is CN(C)CCC(OC(N)=O)c1ccc(Cl)cc1.c1cc2ccc1-2. The fraction of sp³-hybridized carbons (Fsp3) is 0.278. The van der Waals surface area contributed by atoms with Crippen LogP contribution in [0.15, 0.2) is 48.5 Å². The number of ether oxygens (including phenoxy) is 1. The van der Waals surface area contributed by atoms with Crippen molar-refractivity contribution in [2.75, 3.05) is 20.6 Å². The van der Waals surface area contributed by atoms with Crippen LogP contribution in [0.1, 0.15) is 18.1 Å². The van der Waals surface area contributed by atoms with E-state index in [0.29, 0.717) is 11.4 Å². The number of halogens is 1. The van der Waals surface area contributed by atoms with Gasteiger partial charge in [0.2, 0.25) is 0 Å². The molecule has 0 spiro atoms. The maximum atomic E-state index is 10.9. The van der Waals surface area contributed by atoms with Crippen molar-refractivity contribution in [1.82, 2.24) is 4.90 Å². The summed E-state index contributed by atoms with van der Waals surface area (Å²) in [5, 5.41) is 0.652. The Morgan fingerprint density at radius 3 is 1.96 bits per heavy atom. The monoisotopic (exact) mass is 332 g/mol. The standard InChI is InChI=1S/C12H17ClN2O2.C6H4/c1-15(2)8-7-11(17-12(14)16)9-3-5-10(13)6-4-9;1-2-6-4-3-5(1)6/h3-6,11H,7-8H2,1-2H3,(H2,14,16);1-4H. The number of nitrogens with two attached hydrogens (primary N) is 1. The number of amides is 1. The highest BCUT2D eigenvalue weighted by molar-refractivity contribution is 6.30. The summed E-state index contributed by atoms with van der Waals surface area (Å²) in [7, 11) is 3.92. The number of rotatable bonds is 5. The Labute approximate surface area is 141 Å². The number of hydrogen-bond acceptors (Lipinski definition) is 3. The van der Waals surface area contributed by atoms with Crippen LogP contribution in [0.25, 0.3) is 11.1 Å². The van der Waals surface area contributed by atoms with Gasteiger partial charge in [0.15, 0.2) is 0 Å². The van der Waals surface area contributed by atoms with Crippen molar-refractivity contribution in [2.24, 2.45) is 5.73 Å². The van der Waals surface area contributed by atoms with Gasteiger partial charge in [-0.2, -0.15) is 0 Å². The first-order valence-corrected chi connectivity index (χ1v) is 7.80. The second-order valence-corrected chi connectivity index (χ2v) is 6.08. The lowest BCUT2D eigenvalue weighted by Crippen LogP contribution is -2.22. The van der Waals surface area contributed by atoms with Crippen LogP contribution >= 0.6 is 11.6 Å². The zero-order chi connectivity index (χ0) is 16.8. The Morgan fingerprint density at radius 1 is 1.09 bits per heavy atom. The summed E-state index contributed by atoms with van der Waals surface area (Å²) in [5.74, 6) is 0. The van der Waals surface area contributed by atoms with Crippen molar-refractivity contribution < 1.29 is 9.53 Å². The normalized spacial score (nSPS) is 12.2. The molecule has 0 aliphatic heterocycles. The van der Waals surface area contributed by atoms with E-state index in [-0.39, 0.29) is 6.10 Å². The van der Waals surface area contributed by atoms with Crippen LogP contribution in [0.3, 0.4) is 0 Å². The number of hydrogen-bond donors (Lipinski definition) is 1. The highest BCUT2D eigenvalue weighted by atomic mass is 35.5. The Kier molecular flexibility index (Phi) is 6.02. The largest absolute Gasteiger partial charge is 0.441 e. The summed E-state index contributed by atoms with van der Waals surface area (Å²) in [6.45, 7) is 0.806. The smallest absolute Gasteiger partial charge is 0.405 e. The van der Waals surface area contributed by atoms with Crippen LogP contribution < -0.4 is 5.73 Å². The highest BCUT2D eigenvalue weighted by Crippen LogP contribution is 2.29. The summed E-state index contributed by atoms with van der Waals surface area (Å²) in [6.07, 6.45) is -0.395. The zero-order valence-corrected chi connectivity index (χ0v) is 14.1. The number of nitrogens with zero attached hydrogens (tertiary/aromatic N) is 1. The molecule has 3 rings (SSSR count). The molecule has 1 atom stereocenters. The van der Waals surface area contributed by atoms with E-state index in [9.17, 15) is 4.79 Å². The van der Waals surface area contributed by atoms with Gasteiger partial charge in [-0.15, -0.1) is 0 Å². The van der Waals surface area contributed by atoms with Crippen LogP contribution in [-0.2, 0) is 4.74 Å². The summed E-state index contributed by atoms with van der Waals surface area (Å²) in [5.41, 5.74) is 8.82. The van der Waals surface area contributed by atoms with Crippen molar-refractivity contribution in [3.63, 3.8) is 0 Å². The van der Waals surface area contributed by atoms with E-state index in [0.717, 1.165) is 12.1 Å². The maximum absolute atomic E-state index is 10.9. The van der Waals surface area contributed by atoms with Crippen LogP contribution in [0.5, 0.6) is 0 Å². The predicted molar refractivity (Wildman–Crippen MR) is 93.5 cm³/mol. The molecular weight excluding hydrogens is 312 g/mol. The molecule has 0 bridgehead atoms. The van der Waals surface area contributed by atoms with Gasteiger partial charge in [-0.3, -0.25) is 0 Å². The minimum atomic E-state index is -0.760. The minimum Gasteiger partial charge on any atom is -0.441 e. The van der Waals surface area contributed by atoms with E-state index < -0.39 is 6.09 Å². The van der Waals surface area contributed by atoms with Gasteiger partial charge in [0.25, 0.3) is 0 Å². The molecule has 0 saturated heterocycles. The fourth-order valence-corrected chi connectivity index (χ4v) is 2.28. The lowest BCUT2D eigenvalue weighted by Gasteiger charge is -2.19. The average molecular weight is 333 g/mol. The number of carbonyl (C=O) groups is 1. The first kappa shape index (κ1) is 17.3. The minimum absolute atomic E-state index is 0.327. The van der Waals surface area contributed by atoms with Crippen molar-refractivity contribution in [2.45, 2.75) is 12.5 Å². The lowest BCUT2D eigenvalue weighted by molar-refractivity contribution is 0.0960. The van der Waals surface area contributed by atoms with Gasteiger partial charge in [0.1, 0.15) is 6.10 Å². The second kappa shape index (κ2) is 7.99. The van der Waals surface area contributed by atoms with Crippen molar-refractivity contribution in [3.05, 3.63) is 59.1 Å². The average Bonchev–Trinajstić information content (AvgIpc) is 2.48. The molecule has 122 valence electrons. The second-order valence-electron chi connectivity index (χ2n) is 5.65. The molecule has 0 saturated carbocycles. The van der Waals surface area contributed by atoms with Crippen LogP contribution in [-0.4, -0.2) is 31.6 Å². The maximum Gasteiger partial charge on any atom is 0.405 e. The van der Waals surface area contributed by atoms with Gasteiger partial charge in [-0.1, -0.05) is 48.0 Å². The van der Waals surface area contributed by atoms with Crippen molar-refractivity contribution in [3.8, 4) is 11.1 Å². The van der Waals surface area contributed by atoms with Crippen LogP contribution in [0.2, 0.25) is 5.02 Å². The van der Waals surface area contributed by atoms with Gasteiger partial charge in [0, 0.05) is 18.0 Å². The summed E-state index contributed by atoms with van der Waals surface area (Å²) < 4.78 is 5.10. The summed E-state index contributed by atoms with van der Waals surface area (Å²) in [4.78, 5) is 12.9. The van der Waals surface area contributed by atoms with Gasteiger partial charge in [-0.25, -0.2) is 4.79 Å². The van der Waals surface area contributed by atoms with Gasteiger partial charge >= 0.3 is 6.09 Å². The summed E-state index contributed by atoms with van der Waals surface area (Å²) in [6, 6.07) is 15.7. The fourth-order valence-electron chi connectivity index (χ4n) is 2.15. The molecule has 5 heteroatoms. The van der Waals surface area contributed by atoms with Gasteiger partial charge < -0.3 is 15.4 Å². The molecule has 0 fully saturated rings. The molecule has 1 unspecified atom stereocenters. The Morgan fingerprint density at radius 2 is 1.61 bits per heavy atom.